The minimum Gasteiger partial charge on any atom is -0.348 e. The number of hydrogen-bond acceptors (Lipinski definition) is 5. The summed E-state index contributed by atoms with van der Waals surface area (Å²) in [7, 11) is 0. The number of carbonyl (C=O) groups is 2. The summed E-state index contributed by atoms with van der Waals surface area (Å²) in [6, 6.07) is 17.8. The van der Waals surface area contributed by atoms with Gasteiger partial charge in [0.25, 0.3) is 0 Å². The lowest BCUT2D eigenvalue weighted by atomic mass is 10.1. The van der Waals surface area contributed by atoms with E-state index in [2.05, 4.69) is 39.5 Å². The quantitative estimate of drug-likeness (QED) is 0.493. The minimum atomic E-state index is -0.183. The van der Waals surface area contributed by atoms with Gasteiger partial charge in [-0.15, -0.1) is 11.3 Å². The van der Waals surface area contributed by atoms with Gasteiger partial charge >= 0.3 is 0 Å². The van der Waals surface area contributed by atoms with Crippen molar-refractivity contribution < 1.29 is 9.59 Å². The van der Waals surface area contributed by atoms with E-state index >= 15 is 0 Å². The number of likely N-dealkylation sites (tertiary alicyclic amines) is 1. The maximum absolute atomic E-state index is 12.3. The number of hydrogen-bond donors (Lipinski definition) is 1. The van der Waals surface area contributed by atoms with Crippen molar-refractivity contribution in [3.8, 4) is 0 Å². The van der Waals surface area contributed by atoms with E-state index in [4.69, 9.17) is 0 Å². The number of nitrogens with zero attached hydrogens (tertiary/aromatic N) is 3. The zero-order valence-electron chi connectivity index (χ0n) is 18.7. The number of aromatic nitrogens is 1. The van der Waals surface area contributed by atoms with Crippen LogP contribution in [-0.4, -0.2) is 34.8 Å². The molecule has 1 saturated heterocycles. The second kappa shape index (κ2) is 11.0. The van der Waals surface area contributed by atoms with Gasteiger partial charge in [0, 0.05) is 31.5 Å². The molecule has 1 aliphatic rings. The molecule has 0 unspecified atom stereocenters. The third-order valence-electron chi connectivity index (χ3n) is 5.53. The van der Waals surface area contributed by atoms with Gasteiger partial charge in [-0.05, 0) is 55.3 Å². The SMILES string of the molecule is CC(=O)N(c1ccccc1)c1nc(/C=C/C(=O)NCc2ccc(CN3CCCC3)cc2)cs1. The first-order valence-electron chi connectivity index (χ1n) is 11.2. The summed E-state index contributed by atoms with van der Waals surface area (Å²) in [5.74, 6) is -0.299. The van der Waals surface area contributed by atoms with Crippen LogP contribution in [-0.2, 0) is 22.7 Å². The lowest BCUT2D eigenvalue weighted by molar-refractivity contribution is -0.117. The van der Waals surface area contributed by atoms with Gasteiger partial charge in [0.05, 0.1) is 11.4 Å². The summed E-state index contributed by atoms with van der Waals surface area (Å²) in [6.45, 7) is 5.35. The van der Waals surface area contributed by atoms with Crippen LogP contribution in [0, 0.1) is 0 Å². The molecule has 0 aliphatic carbocycles. The Morgan fingerprint density at radius 3 is 2.45 bits per heavy atom. The molecule has 0 bridgehead atoms. The molecule has 170 valence electrons. The highest BCUT2D eigenvalue weighted by molar-refractivity contribution is 7.14. The fourth-order valence-electron chi connectivity index (χ4n) is 3.83. The van der Waals surface area contributed by atoms with E-state index < -0.39 is 0 Å². The third-order valence-corrected chi connectivity index (χ3v) is 6.37. The van der Waals surface area contributed by atoms with Crippen LogP contribution in [0.5, 0.6) is 0 Å². The number of carbonyl (C=O) groups excluding carboxylic acids is 2. The molecule has 0 radical (unpaired) electrons. The fourth-order valence-corrected chi connectivity index (χ4v) is 4.69. The van der Waals surface area contributed by atoms with Crippen LogP contribution in [0.25, 0.3) is 6.08 Å². The smallest absolute Gasteiger partial charge is 0.244 e. The summed E-state index contributed by atoms with van der Waals surface area (Å²) in [5, 5.41) is 5.31. The van der Waals surface area contributed by atoms with Gasteiger partial charge in [-0.2, -0.15) is 0 Å². The first-order valence-corrected chi connectivity index (χ1v) is 12.0. The Bertz CT molecular complexity index is 1100. The Labute approximate surface area is 198 Å². The number of rotatable bonds is 8. The Kier molecular flexibility index (Phi) is 7.65. The van der Waals surface area contributed by atoms with Crippen LogP contribution in [0.2, 0.25) is 0 Å². The van der Waals surface area contributed by atoms with E-state index in [1.54, 1.807) is 11.0 Å². The average molecular weight is 461 g/mol. The van der Waals surface area contributed by atoms with E-state index in [0.717, 1.165) is 17.8 Å². The van der Waals surface area contributed by atoms with E-state index in [0.29, 0.717) is 17.4 Å². The van der Waals surface area contributed by atoms with Gasteiger partial charge in [-0.25, -0.2) is 4.98 Å². The van der Waals surface area contributed by atoms with Crippen molar-refractivity contribution in [1.82, 2.24) is 15.2 Å². The molecular weight excluding hydrogens is 432 g/mol. The molecule has 0 atom stereocenters. The van der Waals surface area contributed by atoms with Crippen LogP contribution in [0.1, 0.15) is 36.6 Å². The van der Waals surface area contributed by atoms with Crippen LogP contribution in [0.15, 0.2) is 66.1 Å². The molecule has 1 aromatic heterocycles. The number of thiazole rings is 1. The average Bonchev–Trinajstić information content (AvgIpc) is 3.50. The first-order chi connectivity index (χ1) is 16.1. The van der Waals surface area contributed by atoms with E-state index in [9.17, 15) is 9.59 Å². The standard InChI is InChI=1S/C26H28N4O2S/c1-20(31)30(24-7-3-2-4-8-24)26-28-23(19-33-26)13-14-25(32)27-17-21-9-11-22(12-10-21)18-29-15-5-6-16-29/h2-4,7-14,19H,5-6,15-18H2,1H3,(H,27,32)/b14-13+. The van der Waals surface area contributed by atoms with Crippen molar-refractivity contribution in [2.45, 2.75) is 32.9 Å². The summed E-state index contributed by atoms with van der Waals surface area (Å²) in [4.78, 5) is 33.0. The molecule has 2 heterocycles. The predicted molar refractivity (Wildman–Crippen MR) is 133 cm³/mol. The number of amides is 2. The molecule has 1 aliphatic heterocycles. The second-order valence-electron chi connectivity index (χ2n) is 8.10. The molecule has 3 aromatic rings. The van der Waals surface area contributed by atoms with Crippen molar-refractivity contribution >= 4 is 40.0 Å². The normalized spacial score (nSPS) is 14.0. The lowest BCUT2D eigenvalue weighted by Crippen LogP contribution is -2.22. The molecule has 7 heteroatoms. The van der Waals surface area contributed by atoms with Crippen LogP contribution in [0.3, 0.4) is 0 Å². The Balaban J connectivity index is 1.30. The first kappa shape index (κ1) is 22.9. The van der Waals surface area contributed by atoms with E-state index in [1.807, 2.05) is 35.7 Å². The maximum atomic E-state index is 12.3. The van der Waals surface area contributed by atoms with Crippen molar-refractivity contribution in [3.05, 3.63) is 82.9 Å². The van der Waals surface area contributed by atoms with Crippen LogP contribution < -0.4 is 10.2 Å². The summed E-state index contributed by atoms with van der Waals surface area (Å²) in [6.07, 6.45) is 5.72. The number of nitrogens with one attached hydrogen (secondary N) is 1. The molecule has 2 amide bonds. The van der Waals surface area contributed by atoms with Gasteiger partial charge in [0.2, 0.25) is 11.8 Å². The van der Waals surface area contributed by atoms with Crippen molar-refractivity contribution in [1.29, 1.82) is 0 Å². The highest BCUT2D eigenvalue weighted by Gasteiger charge is 2.17. The number of para-hydroxylation sites is 1. The van der Waals surface area contributed by atoms with Gasteiger partial charge < -0.3 is 5.32 Å². The van der Waals surface area contributed by atoms with E-state index in [-0.39, 0.29) is 11.8 Å². The van der Waals surface area contributed by atoms with Gasteiger partial charge in [0.15, 0.2) is 5.13 Å². The van der Waals surface area contributed by atoms with Crippen molar-refractivity contribution in [2.24, 2.45) is 0 Å². The zero-order valence-corrected chi connectivity index (χ0v) is 19.6. The Hall–Kier alpha value is -3.29. The van der Waals surface area contributed by atoms with E-state index in [1.165, 1.54) is 55.8 Å². The summed E-state index contributed by atoms with van der Waals surface area (Å²) in [5.41, 5.74) is 3.77. The molecule has 4 rings (SSSR count). The highest BCUT2D eigenvalue weighted by Crippen LogP contribution is 2.29. The molecule has 6 nitrogen and oxygen atoms in total. The summed E-state index contributed by atoms with van der Waals surface area (Å²) >= 11 is 1.36. The number of benzene rings is 2. The fraction of sp³-hybridized carbons (Fsp3) is 0.269. The molecular formula is C26H28N4O2S. The Morgan fingerprint density at radius 1 is 1.06 bits per heavy atom. The van der Waals surface area contributed by atoms with Crippen molar-refractivity contribution in [2.75, 3.05) is 18.0 Å². The minimum absolute atomic E-state index is 0.115. The molecule has 33 heavy (non-hydrogen) atoms. The van der Waals surface area contributed by atoms with Gasteiger partial charge in [0.1, 0.15) is 0 Å². The predicted octanol–water partition coefficient (Wildman–Crippen LogP) is 4.75. The summed E-state index contributed by atoms with van der Waals surface area (Å²) < 4.78 is 0. The van der Waals surface area contributed by atoms with Crippen LogP contribution in [0.4, 0.5) is 10.8 Å². The van der Waals surface area contributed by atoms with Gasteiger partial charge in [-0.3, -0.25) is 19.4 Å². The third kappa shape index (κ3) is 6.37. The second-order valence-corrected chi connectivity index (χ2v) is 8.93. The molecule has 1 N–H and O–H groups in total. The molecule has 0 saturated carbocycles. The molecule has 0 spiro atoms. The number of anilines is 2. The van der Waals surface area contributed by atoms with Crippen molar-refractivity contribution in [3.63, 3.8) is 0 Å². The Morgan fingerprint density at radius 2 is 1.76 bits per heavy atom. The van der Waals surface area contributed by atoms with Gasteiger partial charge in [-0.1, -0.05) is 42.5 Å². The zero-order chi connectivity index (χ0) is 23.0. The largest absolute Gasteiger partial charge is 0.348 e. The maximum Gasteiger partial charge on any atom is 0.244 e. The lowest BCUT2D eigenvalue weighted by Gasteiger charge is -2.17. The molecule has 2 aromatic carbocycles. The monoisotopic (exact) mass is 460 g/mol. The molecule has 1 fully saturated rings. The highest BCUT2D eigenvalue weighted by atomic mass is 32.1. The topological polar surface area (TPSA) is 65.5 Å². The van der Waals surface area contributed by atoms with Crippen LogP contribution >= 0.6 is 11.3 Å².